The van der Waals surface area contributed by atoms with Crippen LogP contribution < -0.4 is 20.1 Å². The van der Waals surface area contributed by atoms with Crippen LogP contribution in [0.15, 0.2) is 54.6 Å². The number of benzene rings is 2. The first-order valence-corrected chi connectivity index (χ1v) is 9.03. The lowest BCUT2D eigenvalue weighted by molar-refractivity contribution is -0.127. The third kappa shape index (κ3) is 5.48. The van der Waals surface area contributed by atoms with Crippen molar-refractivity contribution in [2.75, 3.05) is 20.3 Å². The quantitative estimate of drug-likeness (QED) is 0.665. The van der Waals surface area contributed by atoms with E-state index in [4.69, 9.17) is 9.47 Å². The summed E-state index contributed by atoms with van der Waals surface area (Å²) in [5.41, 5.74) is 1.04. The number of rotatable bonds is 9. The second kappa shape index (κ2) is 9.07. The van der Waals surface area contributed by atoms with Gasteiger partial charge in [-0.3, -0.25) is 9.59 Å². The van der Waals surface area contributed by atoms with E-state index in [9.17, 15) is 9.59 Å². The van der Waals surface area contributed by atoms with E-state index in [1.165, 1.54) is 0 Å². The van der Waals surface area contributed by atoms with Crippen LogP contribution in [-0.4, -0.2) is 32.1 Å². The number of amides is 2. The molecule has 0 spiro atoms. The Hall–Kier alpha value is -3.02. The summed E-state index contributed by atoms with van der Waals surface area (Å²) in [6.45, 7) is 1.26. The third-order valence-electron chi connectivity index (χ3n) is 4.50. The Kier molecular flexibility index (Phi) is 6.30. The summed E-state index contributed by atoms with van der Waals surface area (Å²) >= 11 is 0. The maximum Gasteiger partial charge on any atom is 0.224 e. The highest BCUT2D eigenvalue weighted by Crippen LogP contribution is 2.38. The molecule has 3 rings (SSSR count). The minimum atomic E-state index is -0.234. The highest BCUT2D eigenvalue weighted by Gasteiger charge is 2.47. The second-order valence-electron chi connectivity index (χ2n) is 6.47. The molecule has 2 amide bonds. The molecule has 6 heteroatoms. The van der Waals surface area contributed by atoms with Crippen LogP contribution in [0.25, 0.3) is 0 Å². The van der Waals surface area contributed by atoms with E-state index >= 15 is 0 Å². The van der Waals surface area contributed by atoms with Gasteiger partial charge in [0.1, 0.15) is 18.1 Å². The van der Waals surface area contributed by atoms with E-state index in [0.717, 1.165) is 17.1 Å². The van der Waals surface area contributed by atoms with Gasteiger partial charge in [0, 0.05) is 6.54 Å². The second-order valence-corrected chi connectivity index (χ2v) is 6.47. The number of carbonyl (C=O) groups is 2. The van der Waals surface area contributed by atoms with Crippen LogP contribution in [0, 0.1) is 11.8 Å². The molecular weight excluding hydrogens is 344 g/mol. The zero-order valence-corrected chi connectivity index (χ0v) is 15.3. The molecule has 2 atom stereocenters. The average molecular weight is 368 g/mol. The number of hydrogen-bond donors (Lipinski definition) is 2. The lowest BCUT2D eigenvalue weighted by Gasteiger charge is -2.08. The van der Waals surface area contributed by atoms with Crippen molar-refractivity contribution in [3.05, 3.63) is 60.2 Å². The van der Waals surface area contributed by atoms with E-state index in [1.807, 2.05) is 54.6 Å². The fourth-order valence-electron chi connectivity index (χ4n) is 2.84. The lowest BCUT2D eigenvalue weighted by atomic mass is 10.2. The van der Waals surface area contributed by atoms with Crippen molar-refractivity contribution in [3.8, 4) is 11.5 Å². The molecular formula is C21H24N2O4. The number of nitrogens with one attached hydrogen (secondary N) is 2. The van der Waals surface area contributed by atoms with E-state index in [2.05, 4.69) is 10.6 Å². The van der Waals surface area contributed by atoms with Crippen LogP contribution in [0.3, 0.4) is 0 Å². The Balaban J connectivity index is 1.31. The molecule has 0 radical (unpaired) electrons. The Morgan fingerprint density at radius 1 is 0.926 bits per heavy atom. The Labute approximate surface area is 158 Å². The molecule has 0 aliphatic heterocycles. The number of ether oxygens (including phenoxy) is 2. The van der Waals surface area contributed by atoms with Crippen LogP contribution >= 0.6 is 0 Å². The molecule has 2 aromatic rings. The monoisotopic (exact) mass is 368 g/mol. The predicted molar refractivity (Wildman–Crippen MR) is 101 cm³/mol. The summed E-state index contributed by atoms with van der Waals surface area (Å²) in [6, 6.07) is 17.0. The van der Waals surface area contributed by atoms with E-state index in [1.54, 1.807) is 7.11 Å². The number of hydrogen-bond acceptors (Lipinski definition) is 4. The van der Waals surface area contributed by atoms with Gasteiger partial charge in [0.15, 0.2) is 0 Å². The minimum absolute atomic E-state index is 0.0616. The SMILES string of the molecule is COc1ccc(OCCNC(=O)C2CC2C(=O)NCc2ccccc2)cc1. The molecule has 27 heavy (non-hydrogen) atoms. The van der Waals surface area contributed by atoms with Crippen LogP contribution in [0.1, 0.15) is 12.0 Å². The molecule has 0 bridgehead atoms. The van der Waals surface area contributed by atoms with Crippen molar-refractivity contribution in [2.45, 2.75) is 13.0 Å². The van der Waals surface area contributed by atoms with Crippen molar-refractivity contribution in [2.24, 2.45) is 11.8 Å². The zero-order valence-electron chi connectivity index (χ0n) is 15.3. The van der Waals surface area contributed by atoms with Crippen LogP contribution in [0.4, 0.5) is 0 Å². The normalized spacial score (nSPS) is 17.7. The summed E-state index contributed by atoms with van der Waals surface area (Å²) in [7, 11) is 1.61. The van der Waals surface area contributed by atoms with Gasteiger partial charge >= 0.3 is 0 Å². The van der Waals surface area contributed by atoms with Gasteiger partial charge in [-0.25, -0.2) is 0 Å². The van der Waals surface area contributed by atoms with E-state index in [-0.39, 0.29) is 23.7 Å². The van der Waals surface area contributed by atoms with E-state index < -0.39 is 0 Å². The first-order chi connectivity index (χ1) is 13.2. The summed E-state index contributed by atoms with van der Waals surface area (Å²) in [5.74, 6) is 0.871. The van der Waals surface area contributed by atoms with Gasteiger partial charge < -0.3 is 20.1 Å². The largest absolute Gasteiger partial charge is 0.497 e. The summed E-state index contributed by atoms with van der Waals surface area (Å²) in [4.78, 5) is 24.3. The standard InChI is InChI=1S/C21H24N2O4/c1-26-16-7-9-17(10-8-16)27-12-11-22-20(24)18-13-19(18)21(25)23-14-15-5-3-2-4-6-15/h2-10,18-19H,11-14H2,1H3,(H,22,24)(H,23,25). The number of methoxy groups -OCH3 is 1. The van der Waals surface area contributed by atoms with Gasteiger partial charge in [0.2, 0.25) is 11.8 Å². The van der Waals surface area contributed by atoms with Gasteiger partial charge in [-0.1, -0.05) is 30.3 Å². The van der Waals surface area contributed by atoms with Gasteiger partial charge in [0.05, 0.1) is 25.5 Å². The summed E-state index contributed by atoms with van der Waals surface area (Å²) in [6.07, 6.45) is 0.603. The Morgan fingerprint density at radius 2 is 1.56 bits per heavy atom. The average Bonchev–Trinajstić information content (AvgIpc) is 3.51. The molecule has 0 saturated heterocycles. The van der Waals surface area contributed by atoms with Crippen molar-refractivity contribution in [1.82, 2.24) is 10.6 Å². The molecule has 1 saturated carbocycles. The smallest absolute Gasteiger partial charge is 0.224 e. The van der Waals surface area contributed by atoms with Gasteiger partial charge in [-0.15, -0.1) is 0 Å². The molecule has 0 aromatic heterocycles. The number of carbonyl (C=O) groups excluding carboxylic acids is 2. The minimum Gasteiger partial charge on any atom is -0.497 e. The first kappa shape index (κ1) is 18.8. The first-order valence-electron chi connectivity index (χ1n) is 9.03. The predicted octanol–water partition coefficient (Wildman–Crippen LogP) is 2.14. The van der Waals surface area contributed by atoms with Crippen molar-refractivity contribution in [1.29, 1.82) is 0 Å². The molecule has 6 nitrogen and oxygen atoms in total. The summed E-state index contributed by atoms with van der Waals surface area (Å²) < 4.78 is 10.7. The maximum atomic E-state index is 12.1. The molecule has 1 aliphatic rings. The van der Waals surface area contributed by atoms with Crippen LogP contribution in [0.2, 0.25) is 0 Å². The third-order valence-corrected chi connectivity index (χ3v) is 4.50. The van der Waals surface area contributed by atoms with Gasteiger partial charge in [-0.2, -0.15) is 0 Å². The highest BCUT2D eigenvalue weighted by molar-refractivity contribution is 5.92. The Bertz CT molecular complexity index is 762. The lowest BCUT2D eigenvalue weighted by Crippen LogP contribution is -2.32. The molecule has 1 fully saturated rings. The molecule has 0 heterocycles. The fourth-order valence-corrected chi connectivity index (χ4v) is 2.84. The van der Waals surface area contributed by atoms with Crippen molar-refractivity contribution < 1.29 is 19.1 Å². The molecule has 1 aliphatic carbocycles. The Morgan fingerprint density at radius 3 is 2.22 bits per heavy atom. The van der Waals surface area contributed by atoms with E-state index in [0.29, 0.717) is 26.1 Å². The molecule has 2 N–H and O–H groups in total. The van der Waals surface area contributed by atoms with Crippen molar-refractivity contribution >= 4 is 11.8 Å². The van der Waals surface area contributed by atoms with Crippen LogP contribution in [0.5, 0.6) is 11.5 Å². The highest BCUT2D eigenvalue weighted by atomic mass is 16.5. The van der Waals surface area contributed by atoms with Crippen molar-refractivity contribution in [3.63, 3.8) is 0 Å². The molecule has 2 unspecified atom stereocenters. The summed E-state index contributed by atoms with van der Waals surface area (Å²) in [5, 5.41) is 5.72. The topological polar surface area (TPSA) is 76.7 Å². The molecule has 142 valence electrons. The van der Waals surface area contributed by atoms with Gasteiger partial charge in [-0.05, 0) is 36.2 Å². The molecule has 2 aromatic carbocycles. The zero-order chi connectivity index (χ0) is 19.1. The fraction of sp³-hybridized carbons (Fsp3) is 0.333. The maximum absolute atomic E-state index is 12.1. The van der Waals surface area contributed by atoms with Crippen LogP contribution in [-0.2, 0) is 16.1 Å². The van der Waals surface area contributed by atoms with Gasteiger partial charge in [0.25, 0.3) is 0 Å².